The van der Waals surface area contributed by atoms with E-state index >= 15 is 0 Å². The number of carbonyl (C=O) groups is 1. The van der Waals surface area contributed by atoms with Crippen molar-refractivity contribution in [1.29, 1.82) is 0 Å². The Kier molecular flexibility index (Phi) is 5.79. The highest BCUT2D eigenvalue weighted by Crippen LogP contribution is 2.11. The molecule has 1 aromatic carbocycles. The van der Waals surface area contributed by atoms with Crippen LogP contribution in [0.4, 0.5) is 0 Å². The highest BCUT2D eigenvalue weighted by Gasteiger charge is 2.28. The number of hydrogen-bond acceptors (Lipinski definition) is 4. The summed E-state index contributed by atoms with van der Waals surface area (Å²) in [7, 11) is 0. The van der Waals surface area contributed by atoms with E-state index in [0.717, 1.165) is 5.75 Å². The number of amides is 1. The number of para-hydroxylation sites is 1. The summed E-state index contributed by atoms with van der Waals surface area (Å²) in [6.07, 6.45) is 0.232. The summed E-state index contributed by atoms with van der Waals surface area (Å²) in [6, 6.07) is 9.51. The minimum absolute atomic E-state index is 0.151. The van der Waals surface area contributed by atoms with Crippen LogP contribution in [0, 0.1) is 0 Å². The molecule has 0 fully saturated rings. The van der Waals surface area contributed by atoms with E-state index in [-0.39, 0.29) is 6.10 Å². The van der Waals surface area contributed by atoms with Crippen LogP contribution in [0.15, 0.2) is 30.3 Å². The molecule has 0 bridgehead atoms. The number of primary amides is 1. The van der Waals surface area contributed by atoms with Crippen LogP contribution in [0.3, 0.4) is 0 Å². The van der Waals surface area contributed by atoms with Crippen LogP contribution in [-0.2, 0) is 9.53 Å². The van der Waals surface area contributed by atoms with E-state index in [9.17, 15) is 4.79 Å². The van der Waals surface area contributed by atoms with Gasteiger partial charge in [0.25, 0.3) is 0 Å². The molecule has 0 radical (unpaired) electrons. The molecule has 0 heterocycles. The second kappa shape index (κ2) is 7.11. The van der Waals surface area contributed by atoms with Crippen LogP contribution >= 0.6 is 0 Å². The largest absolute Gasteiger partial charge is 0.491 e. The Bertz CT molecular complexity index is 393. The average Bonchev–Trinajstić information content (AvgIpc) is 2.35. The first kappa shape index (κ1) is 15.5. The molecule has 19 heavy (non-hydrogen) atoms. The molecule has 2 unspecified atom stereocenters. The second-order valence-corrected chi connectivity index (χ2v) is 4.83. The van der Waals surface area contributed by atoms with Gasteiger partial charge >= 0.3 is 0 Å². The standard InChI is InChI=1S/C14H22N2O3/c1-11(10-14(2,16)13(15)17)18-8-9-19-12-6-4-3-5-7-12/h3-7,11H,8-10,16H2,1-2H3,(H2,15,17). The smallest absolute Gasteiger partial charge is 0.237 e. The Morgan fingerprint density at radius 1 is 1.32 bits per heavy atom. The van der Waals surface area contributed by atoms with Gasteiger partial charge in [0.05, 0.1) is 18.2 Å². The van der Waals surface area contributed by atoms with Gasteiger partial charge < -0.3 is 20.9 Å². The zero-order valence-electron chi connectivity index (χ0n) is 11.5. The van der Waals surface area contributed by atoms with Crippen LogP contribution in [0.5, 0.6) is 5.75 Å². The number of nitrogens with two attached hydrogens (primary N) is 2. The van der Waals surface area contributed by atoms with Crippen molar-refractivity contribution in [3.63, 3.8) is 0 Å². The normalized spacial score (nSPS) is 15.5. The summed E-state index contributed by atoms with van der Waals surface area (Å²) < 4.78 is 11.0. The van der Waals surface area contributed by atoms with Gasteiger partial charge in [-0.25, -0.2) is 0 Å². The van der Waals surface area contributed by atoms with Crippen LogP contribution in [-0.4, -0.2) is 30.8 Å². The fourth-order valence-corrected chi connectivity index (χ4v) is 1.68. The maximum absolute atomic E-state index is 11.1. The number of ether oxygens (including phenoxy) is 2. The molecule has 0 saturated heterocycles. The van der Waals surface area contributed by atoms with Crippen molar-refractivity contribution >= 4 is 5.91 Å². The third-order valence-corrected chi connectivity index (χ3v) is 2.77. The Morgan fingerprint density at radius 2 is 1.95 bits per heavy atom. The summed E-state index contributed by atoms with van der Waals surface area (Å²) in [5.41, 5.74) is 9.93. The third-order valence-electron chi connectivity index (χ3n) is 2.77. The number of hydrogen-bond donors (Lipinski definition) is 2. The van der Waals surface area contributed by atoms with E-state index in [2.05, 4.69) is 0 Å². The van der Waals surface area contributed by atoms with Gasteiger partial charge in [0.2, 0.25) is 5.91 Å². The quantitative estimate of drug-likeness (QED) is 0.689. The van der Waals surface area contributed by atoms with E-state index in [0.29, 0.717) is 19.6 Å². The minimum atomic E-state index is -1.04. The lowest BCUT2D eigenvalue weighted by Gasteiger charge is -2.24. The maximum atomic E-state index is 11.1. The van der Waals surface area contributed by atoms with Gasteiger partial charge in [-0.3, -0.25) is 4.79 Å². The van der Waals surface area contributed by atoms with Crippen molar-refractivity contribution in [1.82, 2.24) is 0 Å². The van der Waals surface area contributed by atoms with E-state index < -0.39 is 11.4 Å². The molecule has 5 heteroatoms. The van der Waals surface area contributed by atoms with Gasteiger partial charge in [0.15, 0.2) is 0 Å². The SMILES string of the molecule is CC(CC(C)(N)C(N)=O)OCCOc1ccccc1. The van der Waals surface area contributed by atoms with Gasteiger partial charge in [-0.05, 0) is 32.4 Å². The molecule has 4 N–H and O–H groups in total. The molecule has 0 spiro atoms. The lowest BCUT2D eigenvalue weighted by Crippen LogP contribution is -2.51. The first-order valence-electron chi connectivity index (χ1n) is 6.30. The van der Waals surface area contributed by atoms with Crippen molar-refractivity contribution in [2.75, 3.05) is 13.2 Å². The predicted octanol–water partition coefficient (Wildman–Crippen LogP) is 1.06. The Balaban J connectivity index is 2.21. The first-order valence-corrected chi connectivity index (χ1v) is 6.30. The topological polar surface area (TPSA) is 87.6 Å². The summed E-state index contributed by atoms with van der Waals surface area (Å²) in [4.78, 5) is 11.1. The summed E-state index contributed by atoms with van der Waals surface area (Å²) in [5.74, 6) is 0.281. The zero-order valence-corrected chi connectivity index (χ0v) is 11.5. The Morgan fingerprint density at radius 3 is 2.53 bits per heavy atom. The second-order valence-electron chi connectivity index (χ2n) is 4.83. The van der Waals surface area contributed by atoms with E-state index in [1.54, 1.807) is 6.92 Å². The van der Waals surface area contributed by atoms with Crippen LogP contribution in [0.25, 0.3) is 0 Å². The zero-order chi connectivity index (χ0) is 14.3. The molecule has 0 saturated carbocycles. The molecule has 0 aliphatic rings. The van der Waals surface area contributed by atoms with Crippen molar-refractivity contribution in [3.8, 4) is 5.75 Å². The fraction of sp³-hybridized carbons (Fsp3) is 0.500. The molecule has 5 nitrogen and oxygen atoms in total. The van der Waals surface area contributed by atoms with Gasteiger partial charge in [0.1, 0.15) is 12.4 Å². The molecular formula is C14H22N2O3. The molecule has 0 aliphatic carbocycles. The molecule has 1 amide bonds. The third kappa shape index (κ3) is 5.72. The van der Waals surface area contributed by atoms with Crippen LogP contribution in [0.1, 0.15) is 20.3 Å². The van der Waals surface area contributed by atoms with Crippen molar-refractivity contribution in [2.45, 2.75) is 31.9 Å². The van der Waals surface area contributed by atoms with Crippen LogP contribution < -0.4 is 16.2 Å². The monoisotopic (exact) mass is 266 g/mol. The Labute approximate surface area is 113 Å². The van der Waals surface area contributed by atoms with E-state index in [4.69, 9.17) is 20.9 Å². The molecule has 0 aromatic heterocycles. The van der Waals surface area contributed by atoms with Crippen molar-refractivity contribution in [2.24, 2.45) is 11.5 Å². The minimum Gasteiger partial charge on any atom is -0.491 e. The van der Waals surface area contributed by atoms with E-state index in [1.165, 1.54) is 0 Å². The average molecular weight is 266 g/mol. The van der Waals surface area contributed by atoms with Gasteiger partial charge in [0, 0.05) is 0 Å². The van der Waals surface area contributed by atoms with Crippen molar-refractivity contribution < 1.29 is 14.3 Å². The number of carbonyl (C=O) groups excluding carboxylic acids is 1. The fourth-order valence-electron chi connectivity index (χ4n) is 1.68. The van der Waals surface area contributed by atoms with E-state index in [1.807, 2.05) is 37.3 Å². The van der Waals surface area contributed by atoms with Gasteiger partial charge in [-0.15, -0.1) is 0 Å². The highest BCUT2D eigenvalue weighted by atomic mass is 16.5. The molecule has 106 valence electrons. The summed E-state index contributed by atoms with van der Waals surface area (Å²) in [6.45, 7) is 4.35. The van der Waals surface area contributed by atoms with Gasteiger partial charge in [-0.1, -0.05) is 18.2 Å². The molecule has 0 aliphatic heterocycles. The van der Waals surface area contributed by atoms with Crippen molar-refractivity contribution in [3.05, 3.63) is 30.3 Å². The number of rotatable bonds is 8. The number of benzene rings is 1. The lowest BCUT2D eigenvalue weighted by atomic mass is 9.95. The predicted molar refractivity (Wildman–Crippen MR) is 73.8 cm³/mol. The van der Waals surface area contributed by atoms with Crippen LogP contribution in [0.2, 0.25) is 0 Å². The summed E-state index contributed by atoms with van der Waals surface area (Å²) in [5, 5.41) is 0. The molecule has 2 atom stereocenters. The molecule has 1 rings (SSSR count). The molecule has 1 aromatic rings. The first-order chi connectivity index (χ1) is 8.92. The Hall–Kier alpha value is -1.59. The summed E-state index contributed by atoms with van der Waals surface area (Å²) >= 11 is 0. The lowest BCUT2D eigenvalue weighted by molar-refractivity contribution is -0.124. The highest BCUT2D eigenvalue weighted by molar-refractivity contribution is 5.83. The van der Waals surface area contributed by atoms with Gasteiger partial charge in [-0.2, -0.15) is 0 Å². The molecular weight excluding hydrogens is 244 g/mol. The maximum Gasteiger partial charge on any atom is 0.237 e.